The van der Waals surface area contributed by atoms with Crippen molar-refractivity contribution in [3.05, 3.63) is 29.1 Å². The second kappa shape index (κ2) is 2.05. The van der Waals surface area contributed by atoms with Crippen molar-refractivity contribution in [2.45, 2.75) is 13.5 Å². The van der Waals surface area contributed by atoms with Gasteiger partial charge in [-0.15, -0.1) is 0 Å². The van der Waals surface area contributed by atoms with E-state index in [0.29, 0.717) is 12.4 Å². The molecule has 1 aliphatic heterocycles. The van der Waals surface area contributed by atoms with Gasteiger partial charge >= 0.3 is 0 Å². The van der Waals surface area contributed by atoms with Gasteiger partial charge in [0.05, 0.1) is 6.54 Å². The number of aryl methyl sites for hydroxylation is 1. The highest BCUT2D eigenvalue weighted by atomic mass is 14.9. The second-order valence-corrected chi connectivity index (χ2v) is 2.66. The molecule has 3 nitrogen and oxygen atoms in total. The van der Waals surface area contributed by atoms with Crippen molar-refractivity contribution in [2.24, 2.45) is 10.7 Å². The van der Waals surface area contributed by atoms with Crippen LogP contribution in [-0.4, -0.2) is 10.8 Å². The number of amidine groups is 1. The molecule has 0 saturated heterocycles. The summed E-state index contributed by atoms with van der Waals surface area (Å²) in [5, 5.41) is 0. The predicted molar refractivity (Wildman–Crippen MR) is 43.4 cm³/mol. The Kier molecular flexibility index (Phi) is 1.18. The van der Waals surface area contributed by atoms with Gasteiger partial charge in [0.2, 0.25) is 0 Å². The first-order valence-electron chi connectivity index (χ1n) is 3.54. The van der Waals surface area contributed by atoms with Crippen LogP contribution >= 0.6 is 0 Å². The number of nitrogens with zero attached hydrogens (tertiary/aromatic N) is 2. The van der Waals surface area contributed by atoms with Crippen molar-refractivity contribution >= 4 is 5.84 Å². The van der Waals surface area contributed by atoms with Crippen molar-refractivity contribution < 1.29 is 0 Å². The Morgan fingerprint density at radius 3 is 3.09 bits per heavy atom. The van der Waals surface area contributed by atoms with Crippen LogP contribution in [0.4, 0.5) is 0 Å². The van der Waals surface area contributed by atoms with Crippen LogP contribution in [0.25, 0.3) is 0 Å². The first-order chi connectivity index (χ1) is 5.27. The molecule has 56 valence electrons. The maximum Gasteiger partial charge on any atom is 0.145 e. The van der Waals surface area contributed by atoms with Crippen LogP contribution in [0.1, 0.15) is 17.0 Å². The molecule has 0 fully saturated rings. The molecule has 2 heterocycles. The third kappa shape index (κ3) is 0.888. The highest BCUT2D eigenvalue weighted by Gasteiger charge is 2.13. The van der Waals surface area contributed by atoms with Gasteiger partial charge in [-0.3, -0.25) is 4.99 Å². The summed E-state index contributed by atoms with van der Waals surface area (Å²) >= 11 is 0. The lowest BCUT2D eigenvalue weighted by Gasteiger charge is -1.98. The number of rotatable bonds is 0. The highest BCUT2D eigenvalue weighted by molar-refractivity contribution is 5.98. The summed E-state index contributed by atoms with van der Waals surface area (Å²) in [6.45, 7) is 2.64. The maximum atomic E-state index is 5.60. The molecule has 1 aromatic heterocycles. The third-order valence-corrected chi connectivity index (χ3v) is 1.78. The molecule has 0 spiro atoms. The molecular weight excluding hydrogens is 138 g/mol. The molecule has 0 unspecified atom stereocenters. The van der Waals surface area contributed by atoms with E-state index in [9.17, 15) is 0 Å². The molecule has 0 amide bonds. The van der Waals surface area contributed by atoms with Crippen LogP contribution in [0.2, 0.25) is 0 Å². The summed E-state index contributed by atoms with van der Waals surface area (Å²) in [5.41, 5.74) is 8.59. The topological polar surface area (TPSA) is 51.3 Å². The average Bonchev–Trinajstić information content (AvgIpc) is 2.33. The standard InChI is InChI=1S/C8H9N3/c1-5-2-3-6-4-10-8(9)7(6)11-5/h2-3H,4H2,1H3,(H2,9,10). The zero-order chi connectivity index (χ0) is 7.84. The van der Waals surface area contributed by atoms with E-state index in [1.54, 1.807) is 0 Å². The Hall–Kier alpha value is -1.38. The lowest BCUT2D eigenvalue weighted by atomic mass is 10.2. The van der Waals surface area contributed by atoms with Crippen molar-refractivity contribution in [1.82, 2.24) is 4.98 Å². The van der Waals surface area contributed by atoms with Gasteiger partial charge in [-0.25, -0.2) is 4.98 Å². The molecule has 0 atom stereocenters. The molecule has 11 heavy (non-hydrogen) atoms. The zero-order valence-corrected chi connectivity index (χ0v) is 6.33. The number of hydrogen-bond acceptors (Lipinski definition) is 3. The van der Waals surface area contributed by atoms with Gasteiger partial charge < -0.3 is 5.73 Å². The number of aliphatic imine (C=N–C) groups is 1. The lowest BCUT2D eigenvalue weighted by molar-refractivity contribution is 1.08. The van der Waals surface area contributed by atoms with E-state index in [0.717, 1.165) is 17.0 Å². The van der Waals surface area contributed by atoms with Gasteiger partial charge in [0.1, 0.15) is 11.5 Å². The maximum absolute atomic E-state index is 5.60. The van der Waals surface area contributed by atoms with Crippen molar-refractivity contribution in [1.29, 1.82) is 0 Å². The van der Waals surface area contributed by atoms with Gasteiger partial charge in [-0.1, -0.05) is 6.07 Å². The first-order valence-corrected chi connectivity index (χ1v) is 3.54. The number of pyridine rings is 1. The van der Waals surface area contributed by atoms with Crippen LogP contribution in [0, 0.1) is 6.92 Å². The van der Waals surface area contributed by atoms with E-state index in [2.05, 4.69) is 9.98 Å². The monoisotopic (exact) mass is 147 g/mol. The molecule has 0 saturated carbocycles. The molecule has 0 aromatic carbocycles. The van der Waals surface area contributed by atoms with Crippen LogP contribution in [0.3, 0.4) is 0 Å². The van der Waals surface area contributed by atoms with Crippen molar-refractivity contribution in [3.63, 3.8) is 0 Å². The van der Waals surface area contributed by atoms with E-state index in [4.69, 9.17) is 5.73 Å². The van der Waals surface area contributed by atoms with Crippen molar-refractivity contribution in [3.8, 4) is 0 Å². The molecule has 2 rings (SSSR count). The minimum atomic E-state index is 0.573. The van der Waals surface area contributed by atoms with E-state index >= 15 is 0 Å². The Morgan fingerprint density at radius 1 is 1.45 bits per heavy atom. The summed E-state index contributed by atoms with van der Waals surface area (Å²) in [4.78, 5) is 8.36. The molecule has 1 aliphatic rings. The number of fused-ring (bicyclic) bond motifs is 1. The summed E-state index contributed by atoms with van der Waals surface area (Å²) in [6.07, 6.45) is 0. The fourth-order valence-corrected chi connectivity index (χ4v) is 1.18. The molecule has 3 heteroatoms. The quantitative estimate of drug-likeness (QED) is 0.584. The minimum Gasteiger partial charge on any atom is -0.382 e. The first kappa shape index (κ1) is 6.34. The van der Waals surface area contributed by atoms with Gasteiger partial charge in [0, 0.05) is 11.3 Å². The van der Waals surface area contributed by atoms with E-state index < -0.39 is 0 Å². The third-order valence-electron chi connectivity index (χ3n) is 1.78. The minimum absolute atomic E-state index is 0.573. The predicted octanol–water partition coefficient (Wildman–Crippen LogP) is 0.609. The fraction of sp³-hybridized carbons (Fsp3) is 0.250. The van der Waals surface area contributed by atoms with Gasteiger partial charge in [-0.05, 0) is 13.0 Å². The highest BCUT2D eigenvalue weighted by Crippen LogP contribution is 2.14. The van der Waals surface area contributed by atoms with E-state index in [1.807, 2.05) is 19.1 Å². The second-order valence-electron chi connectivity index (χ2n) is 2.66. The fourth-order valence-electron chi connectivity index (χ4n) is 1.18. The van der Waals surface area contributed by atoms with E-state index in [-0.39, 0.29) is 0 Å². The molecular formula is C8H9N3. The van der Waals surface area contributed by atoms with Crippen LogP contribution in [0.5, 0.6) is 0 Å². The van der Waals surface area contributed by atoms with Crippen LogP contribution in [-0.2, 0) is 6.54 Å². The Bertz CT molecular complexity index is 328. The van der Waals surface area contributed by atoms with Gasteiger partial charge in [0.25, 0.3) is 0 Å². The lowest BCUT2D eigenvalue weighted by Crippen LogP contribution is -2.12. The van der Waals surface area contributed by atoms with Gasteiger partial charge in [-0.2, -0.15) is 0 Å². The summed E-state index contributed by atoms with van der Waals surface area (Å²) in [6, 6.07) is 4.01. The molecule has 2 N–H and O–H groups in total. The summed E-state index contributed by atoms with van der Waals surface area (Å²) in [7, 11) is 0. The number of hydrogen-bond donors (Lipinski definition) is 1. The van der Waals surface area contributed by atoms with Crippen molar-refractivity contribution in [2.75, 3.05) is 0 Å². The Labute approximate surface area is 65.0 Å². The van der Waals surface area contributed by atoms with Crippen LogP contribution in [0.15, 0.2) is 17.1 Å². The largest absolute Gasteiger partial charge is 0.382 e. The smallest absolute Gasteiger partial charge is 0.145 e. The van der Waals surface area contributed by atoms with Gasteiger partial charge in [0.15, 0.2) is 0 Å². The Morgan fingerprint density at radius 2 is 2.27 bits per heavy atom. The summed E-state index contributed by atoms with van der Waals surface area (Å²) in [5.74, 6) is 0.573. The summed E-state index contributed by atoms with van der Waals surface area (Å²) < 4.78 is 0. The number of aromatic nitrogens is 1. The molecule has 0 aliphatic carbocycles. The normalized spacial score (nSPS) is 14.5. The molecule has 0 radical (unpaired) electrons. The SMILES string of the molecule is Cc1ccc2c(n1)C(N)=NC2. The van der Waals surface area contributed by atoms with Crippen LogP contribution < -0.4 is 5.73 Å². The number of nitrogens with two attached hydrogens (primary N) is 1. The zero-order valence-electron chi connectivity index (χ0n) is 6.33. The van der Waals surface area contributed by atoms with E-state index in [1.165, 1.54) is 0 Å². The average molecular weight is 147 g/mol. The molecule has 1 aromatic rings. The Balaban J connectivity index is 2.60. The molecule has 0 bridgehead atoms.